The zero-order valence-corrected chi connectivity index (χ0v) is 26.5. The molecule has 1 aliphatic heterocycles. The number of carbonyl (C=O) groups is 5. The maximum absolute atomic E-state index is 13.0. The number of aliphatic hydroxyl groups excluding tert-OH is 1. The summed E-state index contributed by atoms with van der Waals surface area (Å²) in [5, 5.41) is 16.4. The topological polar surface area (TPSA) is 148 Å². The molecule has 0 radical (unpaired) electrons. The fourth-order valence-corrected chi connectivity index (χ4v) is 4.58. The first-order chi connectivity index (χ1) is 20.9. The maximum atomic E-state index is 13.0. The van der Waals surface area contributed by atoms with Crippen LogP contribution in [0.5, 0.6) is 0 Å². The van der Waals surface area contributed by atoms with Gasteiger partial charge in [-0.1, -0.05) is 63.3 Å². The molecule has 2 aliphatic rings. The number of amides is 2. The summed E-state index contributed by atoms with van der Waals surface area (Å²) < 4.78 is 11.2. The van der Waals surface area contributed by atoms with E-state index in [4.69, 9.17) is 9.47 Å². The lowest BCUT2D eigenvalue weighted by atomic mass is 9.90. The SMILES string of the molecule is CC[C@H](C)C(=O)N[C@@H](C)C(=O)O[C@H]1CC=CC=CC=C[C@H](OC)CC(=O)NC2=CC(=O)C=C(CCC=C(C)[C@H](O)[C@@H]1C)C2=O. The number of carbonyl (C=O) groups excluding carboxylic acids is 5. The fourth-order valence-electron chi connectivity index (χ4n) is 4.58. The molecular formula is C34H46N2O8. The molecule has 3 N–H and O–H groups in total. The predicted octanol–water partition coefficient (Wildman–Crippen LogP) is 3.73. The van der Waals surface area contributed by atoms with Gasteiger partial charge >= 0.3 is 5.97 Å². The number of rotatable bonds is 6. The third-order valence-corrected chi connectivity index (χ3v) is 7.74. The van der Waals surface area contributed by atoms with Crippen molar-refractivity contribution < 1.29 is 38.6 Å². The highest BCUT2D eigenvalue weighted by Gasteiger charge is 2.30. The van der Waals surface area contributed by atoms with Crippen LogP contribution >= 0.6 is 0 Å². The number of methoxy groups -OCH3 is 1. The minimum Gasteiger partial charge on any atom is -0.460 e. The van der Waals surface area contributed by atoms with Gasteiger partial charge in [0.05, 0.1) is 24.3 Å². The van der Waals surface area contributed by atoms with Crippen molar-refractivity contribution in [2.24, 2.45) is 11.8 Å². The number of hydrogen-bond donors (Lipinski definition) is 3. The second kappa shape index (κ2) is 18.0. The maximum Gasteiger partial charge on any atom is 0.328 e. The Labute approximate surface area is 260 Å². The van der Waals surface area contributed by atoms with Crippen LogP contribution in [0.3, 0.4) is 0 Å². The quantitative estimate of drug-likeness (QED) is 0.234. The molecular weight excluding hydrogens is 564 g/mol. The second-order valence-corrected chi connectivity index (χ2v) is 11.2. The van der Waals surface area contributed by atoms with E-state index in [0.717, 1.165) is 6.08 Å². The molecule has 2 amide bonds. The van der Waals surface area contributed by atoms with Crippen molar-refractivity contribution in [2.75, 3.05) is 7.11 Å². The molecule has 10 nitrogen and oxygen atoms in total. The second-order valence-electron chi connectivity index (χ2n) is 11.2. The first-order valence-corrected chi connectivity index (χ1v) is 15.1. The van der Waals surface area contributed by atoms with E-state index in [0.29, 0.717) is 24.8 Å². The molecule has 0 aromatic carbocycles. The zero-order chi connectivity index (χ0) is 32.8. The summed E-state index contributed by atoms with van der Waals surface area (Å²) in [7, 11) is 1.46. The Morgan fingerprint density at radius 1 is 1.11 bits per heavy atom. The van der Waals surface area contributed by atoms with Crippen LogP contribution in [0.1, 0.15) is 66.7 Å². The van der Waals surface area contributed by atoms with Gasteiger partial charge in [0.15, 0.2) is 5.78 Å². The molecule has 240 valence electrons. The van der Waals surface area contributed by atoms with Gasteiger partial charge in [-0.05, 0) is 44.8 Å². The summed E-state index contributed by atoms with van der Waals surface area (Å²) in [4.78, 5) is 63.2. The van der Waals surface area contributed by atoms with Crippen molar-refractivity contribution in [3.8, 4) is 0 Å². The molecule has 0 fully saturated rings. The van der Waals surface area contributed by atoms with Crippen LogP contribution in [0.25, 0.3) is 0 Å². The van der Waals surface area contributed by atoms with Gasteiger partial charge in [0.2, 0.25) is 17.6 Å². The average molecular weight is 611 g/mol. The molecule has 1 aliphatic carbocycles. The van der Waals surface area contributed by atoms with E-state index < -0.39 is 53.7 Å². The van der Waals surface area contributed by atoms with Gasteiger partial charge in [0.1, 0.15) is 12.1 Å². The van der Waals surface area contributed by atoms with Crippen LogP contribution in [0, 0.1) is 11.8 Å². The molecule has 0 aromatic rings. The van der Waals surface area contributed by atoms with Crippen LogP contribution in [0.15, 0.2) is 71.5 Å². The van der Waals surface area contributed by atoms with Crippen LogP contribution in [-0.4, -0.2) is 65.9 Å². The first kappa shape index (κ1) is 36.3. The third kappa shape index (κ3) is 11.3. The lowest BCUT2D eigenvalue weighted by Gasteiger charge is -2.29. The van der Waals surface area contributed by atoms with Crippen molar-refractivity contribution in [3.05, 3.63) is 71.5 Å². The van der Waals surface area contributed by atoms with Crippen molar-refractivity contribution in [1.82, 2.24) is 10.6 Å². The van der Waals surface area contributed by atoms with E-state index in [-0.39, 0.29) is 35.9 Å². The minimum atomic E-state index is -0.975. The van der Waals surface area contributed by atoms with Crippen molar-refractivity contribution in [2.45, 2.75) is 91.1 Å². The Morgan fingerprint density at radius 2 is 1.82 bits per heavy atom. The van der Waals surface area contributed by atoms with Gasteiger partial charge in [0.25, 0.3) is 0 Å². The van der Waals surface area contributed by atoms with E-state index in [1.165, 1.54) is 13.2 Å². The number of nitrogens with one attached hydrogen (secondary N) is 2. The minimum absolute atomic E-state index is 0.0600. The Morgan fingerprint density at radius 3 is 2.50 bits per heavy atom. The summed E-state index contributed by atoms with van der Waals surface area (Å²) in [5.74, 6) is -2.90. The molecule has 6 atom stereocenters. The predicted molar refractivity (Wildman–Crippen MR) is 167 cm³/mol. The molecule has 0 spiro atoms. The molecule has 0 saturated heterocycles. The normalized spacial score (nSPS) is 25.4. The van der Waals surface area contributed by atoms with Gasteiger partial charge in [0, 0.05) is 37.0 Å². The largest absolute Gasteiger partial charge is 0.460 e. The van der Waals surface area contributed by atoms with Crippen molar-refractivity contribution in [3.63, 3.8) is 0 Å². The molecule has 1 heterocycles. The van der Waals surface area contributed by atoms with Crippen LogP contribution < -0.4 is 10.6 Å². The van der Waals surface area contributed by atoms with E-state index in [1.54, 1.807) is 64.2 Å². The Kier molecular flexibility index (Phi) is 14.9. The summed E-state index contributed by atoms with van der Waals surface area (Å²) in [6.07, 6.45) is 13.8. The Hall–Kier alpha value is -3.89. The number of aliphatic hydroxyl groups is 1. The van der Waals surface area contributed by atoms with E-state index in [2.05, 4.69) is 10.6 Å². The van der Waals surface area contributed by atoms with Gasteiger partial charge in [-0.15, -0.1) is 0 Å². The van der Waals surface area contributed by atoms with E-state index >= 15 is 0 Å². The molecule has 2 rings (SSSR count). The number of hydrogen-bond acceptors (Lipinski definition) is 8. The molecule has 0 unspecified atom stereocenters. The lowest BCUT2D eigenvalue weighted by Crippen LogP contribution is -2.44. The zero-order valence-electron chi connectivity index (χ0n) is 26.5. The third-order valence-electron chi connectivity index (χ3n) is 7.74. The van der Waals surface area contributed by atoms with Crippen molar-refractivity contribution >= 4 is 29.4 Å². The summed E-state index contributed by atoms with van der Waals surface area (Å²) in [6.45, 7) is 8.76. The molecule has 10 heteroatoms. The first-order valence-electron chi connectivity index (χ1n) is 15.1. The van der Waals surface area contributed by atoms with Gasteiger partial charge in [-0.2, -0.15) is 0 Å². The summed E-state index contributed by atoms with van der Waals surface area (Å²) in [5.41, 5.74) is 0.784. The number of ketones is 2. The molecule has 0 saturated carbocycles. The smallest absolute Gasteiger partial charge is 0.328 e. The highest BCUT2D eigenvalue weighted by molar-refractivity contribution is 6.21. The van der Waals surface area contributed by atoms with Crippen LogP contribution in [-0.2, 0) is 33.4 Å². The van der Waals surface area contributed by atoms with Crippen LogP contribution in [0.2, 0.25) is 0 Å². The molecule has 0 aromatic heterocycles. The van der Waals surface area contributed by atoms with Crippen LogP contribution in [0.4, 0.5) is 0 Å². The van der Waals surface area contributed by atoms with Gasteiger partial charge in [-0.3, -0.25) is 19.2 Å². The monoisotopic (exact) mass is 610 g/mol. The van der Waals surface area contributed by atoms with E-state index in [9.17, 15) is 29.1 Å². The summed E-state index contributed by atoms with van der Waals surface area (Å²) in [6, 6.07) is -0.866. The fraction of sp³-hybridized carbons (Fsp3) is 0.500. The van der Waals surface area contributed by atoms with E-state index in [1.807, 2.05) is 13.0 Å². The standard InChI is InChI=1S/C34H46N2O8/c1-7-21(2)33(41)35-24(5)34(42)44-29-17-12-10-8-9-11-16-27(43-6)20-30(38)36-28-19-26(37)18-25(32(28)40)15-13-14-22(3)31(39)23(29)4/h8-12,14,16,18-19,21,23-24,27,29,31,39H,7,13,15,17,20H2,1-6H3,(H,35,41)(H,36,38)/t21-,23+,24-,27-,29-,31-/m0/s1. The number of ether oxygens (including phenoxy) is 2. The number of fused-ring (bicyclic) bond motifs is 2. The Balaban J connectivity index is 2.32. The highest BCUT2D eigenvalue weighted by Crippen LogP contribution is 2.24. The van der Waals surface area contributed by atoms with Gasteiger partial charge < -0.3 is 25.2 Å². The molecule has 44 heavy (non-hydrogen) atoms. The number of esters is 1. The average Bonchev–Trinajstić information content (AvgIpc) is 2.99. The Bertz CT molecular complexity index is 1260. The summed E-state index contributed by atoms with van der Waals surface area (Å²) >= 11 is 0. The number of allylic oxidation sites excluding steroid dienone is 8. The van der Waals surface area contributed by atoms with Gasteiger partial charge in [-0.25, -0.2) is 4.79 Å². The van der Waals surface area contributed by atoms with Crippen molar-refractivity contribution in [1.29, 1.82) is 0 Å². The number of Topliss-reactive ketones (excluding diaryl/α,β-unsaturated/α-hetero) is 1. The highest BCUT2D eigenvalue weighted by atomic mass is 16.5. The molecule has 2 bridgehead atoms. The lowest BCUT2D eigenvalue weighted by molar-refractivity contribution is -0.156.